The Bertz CT molecular complexity index is 349. The summed E-state index contributed by atoms with van der Waals surface area (Å²) in [5.74, 6) is -0.261. The van der Waals surface area contributed by atoms with Crippen molar-refractivity contribution >= 4 is 23.1 Å². The third kappa shape index (κ3) is 4.93. The molecule has 1 radical (unpaired) electrons. The van der Waals surface area contributed by atoms with E-state index < -0.39 is 0 Å². The minimum absolute atomic E-state index is 0.0573. The van der Waals surface area contributed by atoms with E-state index in [-0.39, 0.29) is 11.8 Å². The summed E-state index contributed by atoms with van der Waals surface area (Å²) < 4.78 is 4.93. The molecule has 0 bridgehead atoms. The quantitative estimate of drug-likeness (QED) is 0.737. The van der Waals surface area contributed by atoms with Crippen LogP contribution in [0, 0.1) is 12.3 Å². The zero-order valence-corrected chi connectivity index (χ0v) is 9.92. The summed E-state index contributed by atoms with van der Waals surface area (Å²) in [6, 6.07) is 1.86. The van der Waals surface area contributed by atoms with Crippen molar-refractivity contribution in [2.45, 2.75) is 19.9 Å². The van der Waals surface area contributed by atoms with Crippen LogP contribution in [0.5, 0.6) is 0 Å². The van der Waals surface area contributed by atoms with Gasteiger partial charge >= 0.3 is 0 Å². The van der Waals surface area contributed by atoms with Gasteiger partial charge in [-0.3, -0.25) is 4.79 Å². The van der Waals surface area contributed by atoms with E-state index in [1.807, 2.05) is 19.4 Å². The Kier molecular flexibility index (Phi) is 4.98. The fraction of sp³-hybridized carbons (Fsp3) is 0.364. The highest BCUT2D eigenvalue weighted by Crippen LogP contribution is 2.06. The van der Waals surface area contributed by atoms with E-state index in [0.717, 1.165) is 5.56 Å². The summed E-state index contributed by atoms with van der Waals surface area (Å²) >= 11 is 5.11. The zero-order chi connectivity index (χ0) is 12.0. The van der Waals surface area contributed by atoms with Crippen LogP contribution in [0.15, 0.2) is 23.0 Å². The minimum Gasteiger partial charge on any atom is -0.472 e. The first-order valence-corrected chi connectivity index (χ1v) is 5.41. The molecule has 0 saturated heterocycles. The van der Waals surface area contributed by atoms with E-state index in [4.69, 9.17) is 22.4 Å². The lowest BCUT2D eigenvalue weighted by Crippen LogP contribution is -2.25. The maximum absolute atomic E-state index is 10.7. The normalized spacial score (nSPS) is 12.1. The summed E-state index contributed by atoms with van der Waals surface area (Å²) in [4.78, 5) is 11.3. The first kappa shape index (κ1) is 12.7. The summed E-state index contributed by atoms with van der Waals surface area (Å²) in [5, 5.41) is 3.05. The van der Waals surface area contributed by atoms with Crippen LogP contribution >= 0.6 is 12.2 Å². The van der Waals surface area contributed by atoms with E-state index in [1.54, 1.807) is 12.5 Å². The second-order valence-electron chi connectivity index (χ2n) is 3.66. The van der Waals surface area contributed by atoms with Crippen molar-refractivity contribution in [3.63, 3.8) is 0 Å². The van der Waals surface area contributed by atoms with Crippen LogP contribution in [0.25, 0.3) is 0 Å². The second kappa shape index (κ2) is 6.27. The summed E-state index contributed by atoms with van der Waals surface area (Å²) in [7, 11) is 0. The molecule has 0 unspecified atom stereocenters. The molecule has 4 nitrogen and oxygen atoms in total. The van der Waals surface area contributed by atoms with Crippen LogP contribution in [0.3, 0.4) is 0 Å². The third-order valence-electron chi connectivity index (χ3n) is 2.01. The highest BCUT2D eigenvalue weighted by atomic mass is 32.1. The molecule has 0 aliphatic rings. The Hall–Kier alpha value is -1.36. The Morgan fingerprint density at radius 3 is 3.06 bits per heavy atom. The number of furan rings is 1. The van der Waals surface area contributed by atoms with Gasteiger partial charge in [-0.05, 0) is 12.0 Å². The molecular weight excluding hydrogens is 224 g/mol. The van der Waals surface area contributed by atoms with Gasteiger partial charge in [0.25, 0.3) is 0 Å². The molecule has 0 fully saturated rings. The van der Waals surface area contributed by atoms with Crippen LogP contribution in [0.1, 0.15) is 18.9 Å². The molecule has 1 heterocycles. The summed E-state index contributed by atoms with van der Waals surface area (Å²) in [5.41, 5.74) is 6.11. The van der Waals surface area contributed by atoms with Crippen LogP contribution in [0.2, 0.25) is 0 Å². The van der Waals surface area contributed by atoms with Crippen molar-refractivity contribution in [3.05, 3.63) is 30.6 Å². The third-order valence-corrected chi connectivity index (χ3v) is 2.29. The van der Waals surface area contributed by atoms with Crippen LogP contribution in [-0.2, 0) is 11.3 Å². The van der Waals surface area contributed by atoms with Crippen molar-refractivity contribution in [1.29, 1.82) is 0 Å². The SMILES string of the molecule is C[C@@H]([CH]C(=S)NCc1ccoc1)CC(N)=O. The molecule has 1 atom stereocenters. The molecule has 0 aliphatic carbocycles. The molecule has 87 valence electrons. The molecule has 0 spiro atoms. The monoisotopic (exact) mass is 239 g/mol. The van der Waals surface area contributed by atoms with E-state index in [1.165, 1.54) is 0 Å². The molecule has 1 amide bonds. The van der Waals surface area contributed by atoms with Crippen molar-refractivity contribution in [2.24, 2.45) is 11.7 Å². The molecule has 1 rings (SSSR count). The average molecular weight is 239 g/mol. The predicted molar refractivity (Wildman–Crippen MR) is 65.4 cm³/mol. The average Bonchev–Trinajstić information content (AvgIpc) is 2.65. The van der Waals surface area contributed by atoms with E-state index >= 15 is 0 Å². The Labute approximate surface area is 100 Å². The first-order valence-electron chi connectivity index (χ1n) is 5.00. The van der Waals surface area contributed by atoms with Gasteiger partial charge in [0.05, 0.1) is 17.5 Å². The fourth-order valence-electron chi connectivity index (χ4n) is 1.28. The number of nitrogens with one attached hydrogen (secondary N) is 1. The van der Waals surface area contributed by atoms with Crippen molar-refractivity contribution in [3.8, 4) is 0 Å². The van der Waals surface area contributed by atoms with Gasteiger partial charge in [-0.1, -0.05) is 19.1 Å². The molecular formula is C11H15N2O2S. The van der Waals surface area contributed by atoms with Gasteiger partial charge in [-0.15, -0.1) is 0 Å². The number of amides is 1. The number of rotatable bonds is 6. The Morgan fingerprint density at radius 2 is 2.50 bits per heavy atom. The largest absolute Gasteiger partial charge is 0.472 e. The second-order valence-corrected chi connectivity index (χ2v) is 4.10. The summed E-state index contributed by atoms with van der Waals surface area (Å²) in [6.07, 6.45) is 5.40. The molecule has 16 heavy (non-hydrogen) atoms. The molecule has 0 saturated carbocycles. The van der Waals surface area contributed by atoms with Crippen molar-refractivity contribution < 1.29 is 9.21 Å². The molecule has 0 aromatic carbocycles. The lowest BCUT2D eigenvalue weighted by atomic mass is 10.0. The van der Waals surface area contributed by atoms with Gasteiger partial charge < -0.3 is 15.5 Å². The van der Waals surface area contributed by atoms with Gasteiger partial charge in [0, 0.05) is 24.9 Å². The molecule has 0 aliphatic heterocycles. The smallest absolute Gasteiger partial charge is 0.217 e. The molecule has 5 heteroatoms. The lowest BCUT2D eigenvalue weighted by molar-refractivity contribution is -0.118. The highest BCUT2D eigenvalue weighted by molar-refractivity contribution is 7.80. The maximum Gasteiger partial charge on any atom is 0.217 e. The first-order chi connectivity index (χ1) is 7.58. The zero-order valence-electron chi connectivity index (χ0n) is 9.10. The fourth-order valence-corrected chi connectivity index (χ4v) is 1.58. The number of hydrogen-bond donors (Lipinski definition) is 2. The topological polar surface area (TPSA) is 68.3 Å². The predicted octanol–water partition coefficient (Wildman–Crippen LogP) is 1.41. The number of carbonyl (C=O) groups is 1. The standard InChI is InChI=1S/C11H15N2O2S/c1-8(4-10(12)14)5-11(16)13-6-9-2-3-15-7-9/h2-3,5,7-8H,4,6H2,1H3,(H2,12,14)(H,13,16)/t8-/m1/s1. The maximum atomic E-state index is 10.7. The van der Waals surface area contributed by atoms with Gasteiger partial charge in [0.15, 0.2) is 0 Å². The van der Waals surface area contributed by atoms with Gasteiger partial charge in [0.2, 0.25) is 5.91 Å². The summed E-state index contributed by atoms with van der Waals surface area (Å²) in [6.45, 7) is 2.52. The molecule has 1 aromatic rings. The van der Waals surface area contributed by atoms with Gasteiger partial charge in [-0.25, -0.2) is 0 Å². The lowest BCUT2D eigenvalue weighted by Gasteiger charge is -2.10. The number of primary amides is 1. The van der Waals surface area contributed by atoms with Crippen LogP contribution in [0.4, 0.5) is 0 Å². The van der Waals surface area contributed by atoms with Crippen LogP contribution in [-0.4, -0.2) is 10.9 Å². The minimum atomic E-state index is -0.318. The van der Waals surface area contributed by atoms with Crippen molar-refractivity contribution in [1.82, 2.24) is 5.32 Å². The molecule has 1 aromatic heterocycles. The Balaban J connectivity index is 2.23. The highest BCUT2D eigenvalue weighted by Gasteiger charge is 2.09. The van der Waals surface area contributed by atoms with Gasteiger partial charge in [0.1, 0.15) is 0 Å². The van der Waals surface area contributed by atoms with E-state index in [2.05, 4.69) is 5.32 Å². The number of nitrogens with two attached hydrogens (primary N) is 1. The number of hydrogen-bond acceptors (Lipinski definition) is 3. The molecule has 3 N–H and O–H groups in total. The number of thiocarbonyl (C=S) groups is 1. The number of carbonyl (C=O) groups excluding carboxylic acids is 1. The van der Waals surface area contributed by atoms with Crippen LogP contribution < -0.4 is 11.1 Å². The van der Waals surface area contributed by atoms with E-state index in [9.17, 15) is 4.79 Å². The Morgan fingerprint density at radius 1 is 1.75 bits per heavy atom. The van der Waals surface area contributed by atoms with E-state index in [0.29, 0.717) is 18.0 Å². The van der Waals surface area contributed by atoms with Gasteiger partial charge in [-0.2, -0.15) is 0 Å². The van der Waals surface area contributed by atoms with Crippen molar-refractivity contribution in [2.75, 3.05) is 0 Å².